The second-order valence-electron chi connectivity index (χ2n) is 5.80. The summed E-state index contributed by atoms with van der Waals surface area (Å²) in [6.07, 6.45) is 3.40. The van der Waals surface area contributed by atoms with E-state index >= 15 is 0 Å². The van der Waals surface area contributed by atoms with E-state index in [1.807, 2.05) is 17.5 Å². The van der Waals surface area contributed by atoms with Crippen LogP contribution in [-0.4, -0.2) is 15.0 Å². The Kier molecular flexibility index (Phi) is 3.50. The predicted octanol–water partition coefficient (Wildman–Crippen LogP) is 4.33. The van der Waals surface area contributed by atoms with Gasteiger partial charge in [0.2, 0.25) is 0 Å². The molecule has 0 fully saturated rings. The molecule has 118 valence electrons. The number of aromatic nitrogens is 3. The summed E-state index contributed by atoms with van der Waals surface area (Å²) in [6.45, 7) is 4.13. The van der Waals surface area contributed by atoms with Gasteiger partial charge < -0.3 is 4.98 Å². The van der Waals surface area contributed by atoms with Gasteiger partial charge in [-0.3, -0.25) is 9.78 Å². The zero-order valence-corrected chi connectivity index (χ0v) is 14.1. The lowest BCUT2D eigenvalue weighted by atomic mass is 9.99. The van der Waals surface area contributed by atoms with Gasteiger partial charge in [0.15, 0.2) is 0 Å². The van der Waals surface area contributed by atoms with E-state index in [1.54, 1.807) is 12.4 Å². The summed E-state index contributed by atoms with van der Waals surface area (Å²) in [7, 11) is 0. The molecule has 1 aromatic carbocycles. The van der Waals surface area contributed by atoms with Gasteiger partial charge in [0.05, 0.1) is 5.39 Å². The van der Waals surface area contributed by atoms with Crippen molar-refractivity contribution in [2.24, 2.45) is 0 Å². The largest absolute Gasteiger partial charge is 0.306 e. The van der Waals surface area contributed by atoms with Gasteiger partial charge >= 0.3 is 0 Å². The maximum absolute atomic E-state index is 12.7. The van der Waals surface area contributed by atoms with E-state index in [-0.39, 0.29) is 5.56 Å². The van der Waals surface area contributed by atoms with Gasteiger partial charge in [-0.15, -0.1) is 11.3 Å². The third-order valence-corrected chi connectivity index (χ3v) is 4.92. The van der Waals surface area contributed by atoms with Crippen LogP contribution in [0.5, 0.6) is 0 Å². The lowest BCUT2D eigenvalue weighted by molar-refractivity contribution is 1.17. The number of hydrogen-bond acceptors (Lipinski definition) is 4. The molecule has 1 N–H and O–H groups in total. The summed E-state index contributed by atoms with van der Waals surface area (Å²) in [5.74, 6) is 0.551. The minimum absolute atomic E-state index is 0.116. The summed E-state index contributed by atoms with van der Waals surface area (Å²) in [5.41, 5.74) is 5.08. The van der Waals surface area contributed by atoms with Gasteiger partial charge in [-0.1, -0.05) is 23.8 Å². The van der Waals surface area contributed by atoms with Crippen LogP contribution in [0.2, 0.25) is 0 Å². The Balaban J connectivity index is 1.93. The number of nitrogens with one attached hydrogen (secondary N) is 1. The number of pyridine rings is 1. The maximum atomic E-state index is 12.7. The van der Waals surface area contributed by atoms with Gasteiger partial charge in [0.1, 0.15) is 10.7 Å². The maximum Gasteiger partial charge on any atom is 0.260 e. The second-order valence-corrected chi connectivity index (χ2v) is 6.66. The van der Waals surface area contributed by atoms with Crippen LogP contribution in [-0.2, 0) is 0 Å². The molecule has 4 rings (SSSR count). The highest BCUT2D eigenvalue weighted by Crippen LogP contribution is 2.33. The van der Waals surface area contributed by atoms with E-state index in [4.69, 9.17) is 0 Å². The normalized spacial score (nSPS) is 11.1. The molecular weight excluding hydrogens is 318 g/mol. The van der Waals surface area contributed by atoms with Gasteiger partial charge in [-0.05, 0) is 37.1 Å². The number of hydrogen-bond donors (Lipinski definition) is 1. The zero-order valence-electron chi connectivity index (χ0n) is 13.3. The average molecular weight is 333 g/mol. The van der Waals surface area contributed by atoms with Crippen LogP contribution in [0.1, 0.15) is 11.1 Å². The van der Waals surface area contributed by atoms with Crippen molar-refractivity contribution < 1.29 is 0 Å². The number of rotatable bonds is 2. The number of aromatic amines is 1. The van der Waals surface area contributed by atoms with Crippen LogP contribution < -0.4 is 5.56 Å². The average Bonchev–Trinajstić information content (AvgIpc) is 3.00. The SMILES string of the molecule is Cc1ccc(-c2csc3nc(-c4cccnc4)[nH]c(=O)c23)c(C)c1. The number of fused-ring (bicyclic) bond motifs is 1. The van der Waals surface area contributed by atoms with Crippen LogP contribution in [0.3, 0.4) is 0 Å². The molecular formula is C19H15N3OS. The van der Waals surface area contributed by atoms with E-state index in [0.29, 0.717) is 11.2 Å². The molecule has 24 heavy (non-hydrogen) atoms. The van der Waals surface area contributed by atoms with E-state index in [0.717, 1.165) is 27.1 Å². The van der Waals surface area contributed by atoms with Crippen molar-refractivity contribution in [2.45, 2.75) is 13.8 Å². The molecule has 3 heterocycles. The number of H-pyrrole nitrogens is 1. The van der Waals surface area contributed by atoms with E-state index in [2.05, 4.69) is 47.0 Å². The van der Waals surface area contributed by atoms with Gasteiger partial charge in [0, 0.05) is 28.9 Å². The fourth-order valence-electron chi connectivity index (χ4n) is 2.90. The Bertz CT molecular complexity index is 1100. The van der Waals surface area contributed by atoms with Crippen molar-refractivity contribution in [1.82, 2.24) is 15.0 Å². The van der Waals surface area contributed by atoms with E-state index in [1.165, 1.54) is 16.9 Å². The monoisotopic (exact) mass is 333 g/mol. The fraction of sp³-hybridized carbons (Fsp3) is 0.105. The lowest BCUT2D eigenvalue weighted by Gasteiger charge is -2.06. The topological polar surface area (TPSA) is 58.6 Å². The molecule has 0 bridgehead atoms. The lowest BCUT2D eigenvalue weighted by Crippen LogP contribution is -2.09. The molecule has 0 aliphatic heterocycles. The molecule has 0 aliphatic carbocycles. The molecule has 0 atom stereocenters. The third-order valence-electron chi connectivity index (χ3n) is 4.05. The number of thiophene rings is 1. The summed E-state index contributed by atoms with van der Waals surface area (Å²) < 4.78 is 0. The van der Waals surface area contributed by atoms with E-state index in [9.17, 15) is 4.79 Å². The highest BCUT2D eigenvalue weighted by Gasteiger charge is 2.15. The van der Waals surface area contributed by atoms with Gasteiger partial charge in [-0.2, -0.15) is 0 Å². The molecule has 3 aromatic heterocycles. The molecule has 0 saturated heterocycles. The molecule has 4 nitrogen and oxygen atoms in total. The summed E-state index contributed by atoms with van der Waals surface area (Å²) >= 11 is 1.49. The van der Waals surface area contributed by atoms with Crippen molar-refractivity contribution in [3.63, 3.8) is 0 Å². The Hall–Kier alpha value is -2.79. The van der Waals surface area contributed by atoms with Crippen molar-refractivity contribution in [3.8, 4) is 22.5 Å². The quantitative estimate of drug-likeness (QED) is 0.594. The number of aryl methyl sites for hydroxylation is 2. The molecule has 0 aliphatic rings. The zero-order chi connectivity index (χ0) is 16.7. The van der Waals surface area contributed by atoms with E-state index < -0.39 is 0 Å². The van der Waals surface area contributed by atoms with Crippen LogP contribution in [0.15, 0.2) is 52.9 Å². The Morgan fingerprint density at radius 3 is 2.75 bits per heavy atom. The summed E-state index contributed by atoms with van der Waals surface area (Å²) in [4.78, 5) is 25.0. The first-order chi connectivity index (χ1) is 11.6. The van der Waals surface area contributed by atoms with Crippen LogP contribution >= 0.6 is 11.3 Å². The van der Waals surface area contributed by atoms with Crippen LogP contribution in [0, 0.1) is 13.8 Å². The number of nitrogens with zero attached hydrogens (tertiary/aromatic N) is 2. The molecule has 5 heteroatoms. The molecule has 4 aromatic rings. The van der Waals surface area contributed by atoms with Gasteiger partial charge in [-0.25, -0.2) is 4.98 Å². The minimum Gasteiger partial charge on any atom is -0.306 e. The Morgan fingerprint density at radius 2 is 2.00 bits per heavy atom. The standard InChI is InChI=1S/C19H15N3OS/c1-11-5-6-14(12(2)8-11)15-10-24-19-16(15)18(23)21-17(22-19)13-4-3-7-20-9-13/h3-10H,1-2H3,(H,21,22,23). The first kappa shape index (κ1) is 14.8. The Morgan fingerprint density at radius 1 is 1.12 bits per heavy atom. The smallest absolute Gasteiger partial charge is 0.260 e. The molecule has 0 radical (unpaired) electrons. The summed E-state index contributed by atoms with van der Waals surface area (Å²) in [5, 5.41) is 2.66. The highest BCUT2D eigenvalue weighted by atomic mass is 32.1. The predicted molar refractivity (Wildman–Crippen MR) is 98.4 cm³/mol. The minimum atomic E-state index is -0.116. The highest BCUT2D eigenvalue weighted by molar-refractivity contribution is 7.17. The third kappa shape index (κ3) is 2.43. The second kappa shape index (κ2) is 5.69. The molecule has 0 amide bonds. The first-order valence-corrected chi connectivity index (χ1v) is 8.51. The van der Waals surface area contributed by atoms with Crippen molar-refractivity contribution in [1.29, 1.82) is 0 Å². The molecule has 0 spiro atoms. The van der Waals surface area contributed by atoms with Crippen molar-refractivity contribution in [2.75, 3.05) is 0 Å². The first-order valence-electron chi connectivity index (χ1n) is 7.63. The Labute approximate surface area is 142 Å². The van der Waals surface area contributed by atoms with Crippen molar-refractivity contribution >= 4 is 21.6 Å². The number of benzene rings is 1. The molecule has 0 saturated carbocycles. The van der Waals surface area contributed by atoms with Crippen LogP contribution in [0.25, 0.3) is 32.7 Å². The fourth-order valence-corrected chi connectivity index (χ4v) is 3.84. The molecule has 0 unspecified atom stereocenters. The van der Waals surface area contributed by atoms with Gasteiger partial charge in [0.25, 0.3) is 5.56 Å². The van der Waals surface area contributed by atoms with Crippen molar-refractivity contribution in [3.05, 3.63) is 69.6 Å². The van der Waals surface area contributed by atoms with Crippen LogP contribution in [0.4, 0.5) is 0 Å². The summed E-state index contributed by atoms with van der Waals surface area (Å²) in [6, 6.07) is 9.98.